The first kappa shape index (κ1) is 13.5. The highest BCUT2D eigenvalue weighted by Gasteiger charge is 2.32. The molecule has 2 nitrogen and oxygen atoms in total. The van der Waals surface area contributed by atoms with E-state index in [1.165, 1.54) is 6.07 Å². The Morgan fingerprint density at radius 3 is 2.67 bits per heavy atom. The lowest BCUT2D eigenvalue weighted by Gasteiger charge is -2.23. The van der Waals surface area contributed by atoms with E-state index in [4.69, 9.17) is 11.6 Å². The average Bonchev–Trinajstić information content (AvgIpc) is 2.31. The van der Waals surface area contributed by atoms with Gasteiger partial charge >= 0.3 is 6.36 Å². The molecule has 1 aromatic carbocycles. The summed E-state index contributed by atoms with van der Waals surface area (Å²) in [6.45, 7) is 1.81. The molecule has 0 saturated carbocycles. The van der Waals surface area contributed by atoms with Gasteiger partial charge in [-0.25, -0.2) is 0 Å². The highest BCUT2D eigenvalue weighted by Crippen LogP contribution is 2.33. The van der Waals surface area contributed by atoms with Crippen molar-refractivity contribution in [2.45, 2.75) is 25.1 Å². The van der Waals surface area contributed by atoms with Crippen LogP contribution in [-0.4, -0.2) is 19.5 Å². The third-order valence-corrected chi connectivity index (χ3v) is 3.25. The fourth-order valence-electron chi connectivity index (χ4n) is 2.11. The standard InChI is InChI=1S/C12H13ClF3NO/c13-10-6-8(9-2-1-5-17-7-9)3-4-11(10)18-12(14,15)16/h3-4,6,9,17H,1-2,5,7H2. The number of hydrogen-bond acceptors (Lipinski definition) is 2. The molecule has 1 unspecified atom stereocenters. The van der Waals surface area contributed by atoms with Crippen molar-refractivity contribution in [1.82, 2.24) is 5.32 Å². The van der Waals surface area contributed by atoms with Gasteiger partial charge in [0.05, 0.1) is 5.02 Å². The number of alkyl halides is 3. The lowest BCUT2D eigenvalue weighted by Crippen LogP contribution is -2.28. The summed E-state index contributed by atoms with van der Waals surface area (Å²) >= 11 is 5.81. The summed E-state index contributed by atoms with van der Waals surface area (Å²) in [7, 11) is 0. The van der Waals surface area contributed by atoms with Crippen molar-refractivity contribution in [2.24, 2.45) is 0 Å². The van der Waals surface area contributed by atoms with E-state index < -0.39 is 6.36 Å². The lowest BCUT2D eigenvalue weighted by atomic mass is 9.92. The van der Waals surface area contributed by atoms with E-state index in [9.17, 15) is 13.2 Å². The summed E-state index contributed by atoms with van der Waals surface area (Å²) in [6.07, 6.45) is -2.64. The lowest BCUT2D eigenvalue weighted by molar-refractivity contribution is -0.274. The van der Waals surface area contributed by atoms with Gasteiger partial charge in [0.1, 0.15) is 5.75 Å². The molecule has 6 heteroatoms. The molecule has 1 N–H and O–H groups in total. The fraction of sp³-hybridized carbons (Fsp3) is 0.500. The first-order valence-electron chi connectivity index (χ1n) is 5.71. The van der Waals surface area contributed by atoms with Crippen LogP contribution in [0.3, 0.4) is 0 Å². The van der Waals surface area contributed by atoms with Gasteiger partial charge in [0.2, 0.25) is 0 Å². The summed E-state index contributed by atoms with van der Waals surface area (Å²) in [4.78, 5) is 0. The van der Waals surface area contributed by atoms with Gasteiger partial charge in [-0.05, 0) is 43.0 Å². The van der Waals surface area contributed by atoms with Gasteiger partial charge in [-0.1, -0.05) is 17.7 Å². The van der Waals surface area contributed by atoms with Crippen molar-refractivity contribution in [3.8, 4) is 5.75 Å². The maximum atomic E-state index is 12.1. The average molecular weight is 280 g/mol. The van der Waals surface area contributed by atoms with Gasteiger partial charge in [0.25, 0.3) is 0 Å². The second-order valence-corrected chi connectivity index (χ2v) is 4.69. The minimum absolute atomic E-state index is 0.00426. The van der Waals surface area contributed by atoms with Crippen LogP contribution in [0.25, 0.3) is 0 Å². The maximum Gasteiger partial charge on any atom is 0.573 e. The minimum atomic E-state index is -4.71. The third kappa shape index (κ3) is 3.53. The Balaban J connectivity index is 2.13. The number of benzene rings is 1. The Hall–Kier alpha value is -0.940. The summed E-state index contributed by atoms with van der Waals surface area (Å²) < 4.78 is 40.1. The van der Waals surface area contributed by atoms with Crippen molar-refractivity contribution in [3.63, 3.8) is 0 Å². The topological polar surface area (TPSA) is 21.3 Å². The highest BCUT2D eigenvalue weighted by molar-refractivity contribution is 6.32. The Bertz CT molecular complexity index is 416. The molecule has 18 heavy (non-hydrogen) atoms. The number of rotatable bonds is 2. The molecular formula is C12H13ClF3NO. The van der Waals surface area contributed by atoms with Gasteiger partial charge in [0.15, 0.2) is 0 Å². The van der Waals surface area contributed by atoms with Gasteiger partial charge < -0.3 is 10.1 Å². The van der Waals surface area contributed by atoms with Crippen molar-refractivity contribution in [2.75, 3.05) is 13.1 Å². The predicted octanol–water partition coefficient (Wildman–Crippen LogP) is 3.71. The molecule has 0 aromatic heterocycles. The third-order valence-electron chi connectivity index (χ3n) is 2.95. The predicted molar refractivity (Wildman–Crippen MR) is 63.0 cm³/mol. The molecule has 0 radical (unpaired) electrons. The van der Waals surface area contributed by atoms with Crippen LogP contribution in [0.15, 0.2) is 18.2 Å². The molecule has 0 amide bonds. The zero-order valence-electron chi connectivity index (χ0n) is 9.56. The van der Waals surface area contributed by atoms with Crippen molar-refractivity contribution in [3.05, 3.63) is 28.8 Å². The van der Waals surface area contributed by atoms with Crippen LogP contribution < -0.4 is 10.1 Å². The molecule has 0 bridgehead atoms. The monoisotopic (exact) mass is 279 g/mol. The van der Waals surface area contributed by atoms with Crippen LogP contribution in [0.4, 0.5) is 13.2 Å². The van der Waals surface area contributed by atoms with E-state index in [1.54, 1.807) is 12.1 Å². The molecule has 1 aromatic rings. The molecule has 2 rings (SSSR count). The smallest absolute Gasteiger partial charge is 0.404 e. The quantitative estimate of drug-likeness (QED) is 0.891. The molecule has 1 atom stereocenters. The molecule has 1 aliphatic rings. The zero-order valence-corrected chi connectivity index (χ0v) is 10.3. The van der Waals surface area contributed by atoms with Crippen LogP contribution >= 0.6 is 11.6 Å². The Labute approximate surface area is 108 Å². The van der Waals surface area contributed by atoms with Gasteiger partial charge in [-0.3, -0.25) is 0 Å². The first-order valence-corrected chi connectivity index (χ1v) is 6.09. The van der Waals surface area contributed by atoms with E-state index >= 15 is 0 Å². The maximum absolute atomic E-state index is 12.1. The molecule has 1 saturated heterocycles. The zero-order chi connectivity index (χ0) is 13.2. The normalized spacial score (nSPS) is 20.8. The van der Waals surface area contributed by atoms with Crippen LogP contribution in [0.5, 0.6) is 5.75 Å². The highest BCUT2D eigenvalue weighted by atomic mass is 35.5. The Kier molecular flexibility index (Phi) is 4.02. The molecule has 1 heterocycles. The Morgan fingerprint density at radius 1 is 1.33 bits per heavy atom. The number of piperidine rings is 1. The second-order valence-electron chi connectivity index (χ2n) is 4.28. The van der Waals surface area contributed by atoms with E-state index in [1.807, 2.05) is 0 Å². The summed E-state index contributed by atoms with van der Waals surface area (Å²) in [5, 5.41) is 3.25. The SMILES string of the molecule is FC(F)(F)Oc1ccc(C2CCCNC2)cc1Cl. The number of nitrogens with one attached hydrogen (secondary N) is 1. The molecular weight excluding hydrogens is 267 g/mol. The van der Waals surface area contributed by atoms with E-state index in [0.717, 1.165) is 31.5 Å². The number of hydrogen-bond donors (Lipinski definition) is 1. The number of halogens is 4. The Morgan fingerprint density at radius 2 is 2.11 bits per heavy atom. The van der Waals surface area contributed by atoms with Crippen molar-refractivity contribution < 1.29 is 17.9 Å². The van der Waals surface area contributed by atoms with Gasteiger partial charge in [-0.2, -0.15) is 0 Å². The molecule has 0 aliphatic carbocycles. The van der Waals surface area contributed by atoms with Crippen LogP contribution in [0.2, 0.25) is 5.02 Å². The van der Waals surface area contributed by atoms with Crippen LogP contribution in [0, 0.1) is 0 Å². The fourth-order valence-corrected chi connectivity index (χ4v) is 2.34. The van der Waals surface area contributed by atoms with Gasteiger partial charge in [-0.15, -0.1) is 13.2 Å². The largest absolute Gasteiger partial charge is 0.573 e. The van der Waals surface area contributed by atoms with E-state index in [0.29, 0.717) is 5.92 Å². The number of ether oxygens (including phenoxy) is 1. The van der Waals surface area contributed by atoms with Crippen molar-refractivity contribution in [1.29, 1.82) is 0 Å². The molecule has 100 valence electrons. The van der Waals surface area contributed by atoms with Crippen molar-refractivity contribution >= 4 is 11.6 Å². The summed E-state index contributed by atoms with van der Waals surface area (Å²) in [6, 6.07) is 4.48. The minimum Gasteiger partial charge on any atom is -0.404 e. The summed E-state index contributed by atoms with van der Waals surface area (Å²) in [5.74, 6) is -0.0483. The van der Waals surface area contributed by atoms with Crippen LogP contribution in [-0.2, 0) is 0 Å². The van der Waals surface area contributed by atoms with E-state index in [2.05, 4.69) is 10.1 Å². The molecule has 1 aliphatic heterocycles. The second kappa shape index (κ2) is 5.36. The van der Waals surface area contributed by atoms with Gasteiger partial charge in [0, 0.05) is 6.54 Å². The van der Waals surface area contributed by atoms with E-state index in [-0.39, 0.29) is 10.8 Å². The summed E-state index contributed by atoms with van der Waals surface area (Å²) in [5.41, 5.74) is 0.946. The molecule has 1 fully saturated rings. The molecule has 0 spiro atoms. The first-order chi connectivity index (χ1) is 8.46. The van der Waals surface area contributed by atoms with Crippen LogP contribution in [0.1, 0.15) is 24.3 Å².